The van der Waals surface area contributed by atoms with Crippen LogP contribution in [0.15, 0.2) is 53.1 Å². The Hall–Kier alpha value is -2.33. The smallest absolute Gasteiger partial charge is 0.231 e. The van der Waals surface area contributed by atoms with E-state index in [1.54, 1.807) is 0 Å². The van der Waals surface area contributed by atoms with Crippen molar-refractivity contribution in [2.24, 2.45) is 0 Å². The highest BCUT2D eigenvalue weighted by Crippen LogP contribution is 2.37. The average Bonchev–Trinajstić information content (AvgIpc) is 2.99. The molecule has 1 aliphatic rings. The number of fused-ring (bicyclic) bond motifs is 2. The van der Waals surface area contributed by atoms with E-state index in [0.717, 1.165) is 38.0 Å². The lowest BCUT2D eigenvalue weighted by Crippen LogP contribution is -1.92. The zero-order chi connectivity index (χ0) is 14.9. The van der Waals surface area contributed by atoms with Gasteiger partial charge in [-0.05, 0) is 35.4 Å². The highest BCUT2D eigenvalue weighted by Gasteiger charge is 2.15. The molecule has 0 saturated carbocycles. The van der Waals surface area contributed by atoms with Crippen LogP contribution >= 0.6 is 15.9 Å². The molecule has 0 N–H and O–H groups in total. The normalized spacial score (nSPS) is 13.1. The number of benzene rings is 2. The number of nitrogens with zero attached hydrogens (tertiary/aromatic N) is 1. The number of hydrogen-bond donors (Lipinski definition) is 0. The van der Waals surface area contributed by atoms with Gasteiger partial charge < -0.3 is 9.47 Å². The summed E-state index contributed by atoms with van der Waals surface area (Å²) in [5, 5.41) is 1.13. The minimum absolute atomic E-state index is 0.281. The van der Waals surface area contributed by atoms with E-state index in [9.17, 15) is 0 Å². The van der Waals surface area contributed by atoms with Crippen LogP contribution < -0.4 is 9.47 Å². The van der Waals surface area contributed by atoms with Gasteiger partial charge in [-0.3, -0.25) is 4.98 Å². The highest BCUT2D eigenvalue weighted by molar-refractivity contribution is 9.10. The molecular formula is C18H12BrNO2. The second kappa shape index (κ2) is 5.46. The number of para-hydroxylation sites is 1. The first-order valence-corrected chi connectivity index (χ1v) is 7.71. The summed E-state index contributed by atoms with van der Waals surface area (Å²) in [5.74, 6) is 1.55. The molecule has 2 aromatic carbocycles. The third-order valence-electron chi connectivity index (χ3n) is 3.56. The van der Waals surface area contributed by atoms with Gasteiger partial charge in [-0.2, -0.15) is 0 Å². The van der Waals surface area contributed by atoms with Gasteiger partial charge in [0.25, 0.3) is 0 Å². The fourth-order valence-corrected chi connectivity index (χ4v) is 2.88. The Labute approximate surface area is 136 Å². The van der Waals surface area contributed by atoms with Gasteiger partial charge in [-0.15, -0.1) is 0 Å². The maximum absolute atomic E-state index is 5.41. The van der Waals surface area contributed by atoms with Crippen molar-refractivity contribution in [1.29, 1.82) is 0 Å². The third kappa shape index (κ3) is 2.46. The molecule has 0 radical (unpaired) electrons. The molecule has 2 heterocycles. The third-order valence-corrected chi connectivity index (χ3v) is 4.25. The fraction of sp³-hybridized carbons (Fsp3) is 0.0556. The van der Waals surface area contributed by atoms with Crippen molar-refractivity contribution in [2.45, 2.75) is 0 Å². The SMILES string of the molecule is Brc1cc2c(cc1/C=C\c1cnc3ccccc3c1)OCO2. The van der Waals surface area contributed by atoms with Crippen molar-refractivity contribution < 1.29 is 9.47 Å². The van der Waals surface area contributed by atoms with E-state index in [1.807, 2.05) is 48.7 Å². The predicted octanol–water partition coefficient (Wildman–Crippen LogP) is 4.90. The molecule has 0 saturated heterocycles. The average molecular weight is 354 g/mol. The van der Waals surface area contributed by atoms with E-state index in [1.165, 1.54) is 0 Å². The summed E-state index contributed by atoms with van der Waals surface area (Å²) >= 11 is 3.56. The number of aromatic nitrogens is 1. The van der Waals surface area contributed by atoms with Crippen LogP contribution in [0.2, 0.25) is 0 Å². The number of hydrogen-bond acceptors (Lipinski definition) is 3. The van der Waals surface area contributed by atoms with E-state index in [2.05, 4.69) is 33.0 Å². The van der Waals surface area contributed by atoms with E-state index in [0.29, 0.717) is 0 Å². The van der Waals surface area contributed by atoms with Crippen LogP contribution in [0, 0.1) is 0 Å². The number of rotatable bonds is 2. The summed E-state index contributed by atoms with van der Waals surface area (Å²) in [5.41, 5.74) is 3.10. The molecule has 108 valence electrons. The van der Waals surface area contributed by atoms with Gasteiger partial charge in [0, 0.05) is 16.1 Å². The summed E-state index contributed by atoms with van der Waals surface area (Å²) in [4.78, 5) is 4.47. The van der Waals surface area contributed by atoms with Gasteiger partial charge in [0.1, 0.15) is 0 Å². The van der Waals surface area contributed by atoms with Crippen LogP contribution in [-0.4, -0.2) is 11.8 Å². The van der Waals surface area contributed by atoms with Gasteiger partial charge in [0.05, 0.1) is 5.52 Å². The predicted molar refractivity (Wildman–Crippen MR) is 90.9 cm³/mol. The van der Waals surface area contributed by atoms with E-state index in [4.69, 9.17) is 9.47 Å². The minimum Gasteiger partial charge on any atom is -0.454 e. The Morgan fingerprint density at radius 2 is 1.82 bits per heavy atom. The quantitative estimate of drug-likeness (QED) is 0.656. The van der Waals surface area contributed by atoms with Gasteiger partial charge >= 0.3 is 0 Å². The molecule has 0 spiro atoms. The summed E-state index contributed by atoms with van der Waals surface area (Å²) in [6, 6.07) is 14.1. The molecule has 0 aliphatic carbocycles. The van der Waals surface area contributed by atoms with Gasteiger partial charge in [0.2, 0.25) is 6.79 Å². The van der Waals surface area contributed by atoms with Crippen LogP contribution in [0.25, 0.3) is 23.1 Å². The second-order valence-electron chi connectivity index (χ2n) is 5.02. The molecular weight excluding hydrogens is 342 g/mol. The van der Waals surface area contributed by atoms with Gasteiger partial charge in [0.15, 0.2) is 11.5 Å². The van der Waals surface area contributed by atoms with Crippen molar-refractivity contribution in [3.05, 3.63) is 64.3 Å². The van der Waals surface area contributed by atoms with Crippen LogP contribution in [0.4, 0.5) is 0 Å². The monoisotopic (exact) mass is 353 g/mol. The van der Waals surface area contributed by atoms with E-state index in [-0.39, 0.29) is 6.79 Å². The molecule has 3 aromatic rings. The van der Waals surface area contributed by atoms with Gasteiger partial charge in [-0.1, -0.05) is 46.3 Å². The second-order valence-corrected chi connectivity index (χ2v) is 5.88. The molecule has 0 unspecified atom stereocenters. The summed E-state index contributed by atoms with van der Waals surface area (Å²) in [6.07, 6.45) is 5.96. The maximum atomic E-state index is 5.41. The molecule has 0 amide bonds. The Morgan fingerprint density at radius 1 is 1.00 bits per heavy atom. The minimum atomic E-state index is 0.281. The van der Waals surface area contributed by atoms with Crippen LogP contribution in [0.5, 0.6) is 11.5 Å². The first-order chi connectivity index (χ1) is 10.8. The molecule has 22 heavy (non-hydrogen) atoms. The number of pyridine rings is 1. The van der Waals surface area contributed by atoms with Crippen LogP contribution in [-0.2, 0) is 0 Å². The largest absolute Gasteiger partial charge is 0.454 e. The Balaban J connectivity index is 1.68. The summed E-state index contributed by atoms with van der Waals surface area (Å²) in [6.45, 7) is 0.281. The molecule has 1 aromatic heterocycles. The zero-order valence-corrected chi connectivity index (χ0v) is 13.2. The van der Waals surface area contributed by atoms with Crippen molar-refractivity contribution in [3.8, 4) is 11.5 Å². The standard InChI is InChI=1S/C18H12BrNO2/c19-15-9-18-17(21-11-22-18)8-13(15)6-5-12-7-14-3-1-2-4-16(14)20-10-12/h1-10H,11H2/b6-5-. The maximum Gasteiger partial charge on any atom is 0.231 e. The van der Waals surface area contributed by atoms with E-state index >= 15 is 0 Å². The van der Waals surface area contributed by atoms with Crippen molar-refractivity contribution in [1.82, 2.24) is 4.98 Å². The Morgan fingerprint density at radius 3 is 2.73 bits per heavy atom. The number of halogens is 1. The summed E-state index contributed by atoms with van der Waals surface area (Å²) in [7, 11) is 0. The molecule has 4 rings (SSSR count). The molecule has 3 nitrogen and oxygen atoms in total. The lowest BCUT2D eigenvalue weighted by atomic mass is 10.1. The van der Waals surface area contributed by atoms with Crippen molar-refractivity contribution in [3.63, 3.8) is 0 Å². The molecule has 0 fully saturated rings. The molecule has 4 heteroatoms. The first-order valence-electron chi connectivity index (χ1n) is 6.92. The number of ether oxygens (including phenoxy) is 2. The van der Waals surface area contributed by atoms with Crippen molar-refractivity contribution in [2.75, 3.05) is 6.79 Å². The molecule has 0 atom stereocenters. The Bertz CT molecular complexity index is 889. The van der Waals surface area contributed by atoms with Crippen molar-refractivity contribution >= 4 is 39.0 Å². The highest BCUT2D eigenvalue weighted by atomic mass is 79.9. The van der Waals surface area contributed by atoms with Crippen LogP contribution in [0.1, 0.15) is 11.1 Å². The Kier molecular flexibility index (Phi) is 3.31. The van der Waals surface area contributed by atoms with Crippen LogP contribution in [0.3, 0.4) is 0 Å². The first kappa shape index (κ1) is 13.3. The fourth-order valence-electron chi connectivity index (χ4n) is 2.43. The molecule has 0 bridgehead atoms. The lowest BCUT2D eigenvalue weighted by molar-refractivity contribution is 0.174. The topological polar surface area (TPSA) is 31.4 Å². The molecule has 1 aliphatic heterocycles. The summed E-state index contributed by atoms with van der Waals surface area (Å²) < 4.78 is 11.7. The lowest BCUT2D eigenvalue weighted by Gasteiger charge is -2.02. The van der Waals surface area contributed by atoms with Gasteiger partial charge in [-0.25, -0.2) is 0 Å². The van der Waals surface area contributed by atoms with E-state index < -0.39 is 0 Å². The zero-order valence-electron chi connectivity index (χ0n) is 11.6.